The van der Waals surface area contributed by atoms with Gasteiger partial charge in [-0.05, 0) is 37.8 Å². The van der Waals surface area contributed by atoms with Crippen LogP contribution in [0.4, 0.5) is 4.39 Å². The second kappa shape index (κ2) is 3.73. The summed E-state index contributed by atoms with van der Waals surface area (Å²) in [5, 5.41) is 0. The molecule has 1 nitrogen and oxygen atoms in total. The Labute approximate surface area is 80.6 Å². The summed E-state index contributed by atoms with van der Waals surface area (Å²) < 4.78 is 13.4. The quantitative estimate of drug-likeness (QED) is 0.522. The summed E-state index contributed by atoms with van der Waals surface area (Å²) in [6.45, 7) is 3.46. The van der Waals surface area contributed by atoms with E-state index in [0.717, 1.165) is 37.8 Å². The van der Waals surface area contributed by atoms with Crippen molar-refractivity contribution in [3.8, 4) is 0 Å². The number of halogens is 1. The van der Waals surface area contributed by atoms with Gasteiger partial charge in [0.1, 0.15) is 0 Å². The number of fused-ring (bicyclic) bond motifs is 6. The highest BCUT2D eigenvalue weighted by Crippen LogP contribution is 2.18. The molecular formula is C7H12FNSi3. The van der Waals surface area contributed by atoms with Crippen LogP contribution in [0.2, 0.25) is 18.1 Å². The van der Waals surface area contributed by atoms with Gasteiger partial charge in [0.2, 0.25) is 0 Å². The molecule has 64 valence electrons. The lowest BCUT2D eigenvalue weighted by atomic mass is 10.5. The molecule has 0 amide bonds. The maximum atomic E-state index is 14.1. The standard InChI is InChI=1S/C7H12FNSi3/c8-7-10-4-1-9(2-5-11-7)3-6-12-7/h1-6H2. The summed E-state index contributed by atoms with van der Waals surface area (Å²) in [5.74, 6) is 0. The Kier molecular flexibility index (Phi) is 2.83. The second-order valence-electron chi connectivity index (χ2n) is 3.28. The maximum absolute atomic E-state index is 14.1. The van der Waals surface area contributed by atoms with E-state index in [4.69, 9.17) is 0 Å². The van der Waals surface area contributed by atoms with E-state index in [1.807, 2.05) is 0 Å². The minimum absolute atomic E-state index is 0.588. The summed E-state index contributed by atoms with van der Waals surface area (Å²) in [7, 11) is 1.76. The largest absolute Gasteiger partial charge is 0.304 e. The minimum atomic E-state index is -0.702. The molecule has 0 atom stereocenters. The predicted octanol–water partition coefficient (Wildman–Crippen LogP) is 0.264. The Morgan fingerprint density at radius 3 is 1.75 bits per heavy atom. The van der Waals surface area contributed by atoms with Gasteiger partial charge in [0.05, 0.1) is 33.1 Å². The van der Waals surface area contributed by atoms with E-state index in [2.05, 4.69) is 4.90 Å². The van der Waals surface area contributed by atoms with Crippen LogP contribution >= 0.6 is 0 Å². The van der Waals surface area contributed by atoms with Gasteiger partial charge in [-0.25, -0.2) is 0 Å². The van der Waals surface area contributed by atoms with E-state index in [1.54, 1.807) is 0 Å². The van der Waals surface area contributed by atoms with Gasteiger partial charge in [-0.3, -0.25) is 4.39 Å². The lowest BCUT2D eigenvalue weighted by Gasteiger charge is -2.34. The molecule has 3 saturated heterocycles. The van der Waals surface area contributed by atoms with E-state index >= 15 is 0 Å². The molecule has 5 heteroatoms. The fourth-order valence-electron chi connectivity index (χ4n) is 1.68. The Morgan fingerprint density at radius 1 is 0.917 bits per heavy atom. The molecule has 0 aliphatic carbocycles. The molecule has 0 aromatic carbocycles. The van der Waals surface area contributed by atoms with E-state index in [9.17, 15) is 4.39 Å². The highest BCUT2D eigenvalue weighted by atomic mass is 28.3. The van der Waals surface area contributed by atoms with E-state index < -0.39 is 4.54 Å². The lowest BCUT2D eigenvalue weighted by molar-refractivity contribution is 0.307. The van der Waals surface area contributed by atoms with Crippen molar-refractivity contribution in [1.82, 2.24) is 4.90 Å². The van der Waals surface area contributed by atoms with Crippen LogP contribution < -0.4 is 0 Å². The molecule has 0 aromatic rings. The molecule has 3 aliphatic rings. The SMILES string of the molecule is FC12[Si]CCN(CC[Si]1)CC[Si]2. The first-order chi connectivity index (χ1) is 5.79. The van der Waals surface area contributed by atoms with E-state index in [0.29, 0.717) is 28.6 Å². The molecule has 12 heavy (non-hydrogen) atoms. The third-order valence-electron chi connectivity index (χ3n) is 2.39. The highest BCUT2D eigenvalue weighted by molar-refractivity contribution is 6.79. The van der Waals surface area contributed by atoms with Crippen molar-refractivity contribution in [2.45, 2.75) is 22.7 Å². The van der Waals surface area contributed by atoms with Crippen molar-refractivity contribution in [2.24, 2.45) is 0 Å². The molecule has 0 spiro atoms. The lowest BCUT2D eigenvalue weighted by Crippen LogP contribution is -2.51. The smallest absolute Gasteiger partial charge is 0.0800 e. The fraction of sp³-hybridized carbons (Fsp3) is 1.00. The Morgan fingerprint density at radius 2 is 1.33 bits per heavy atom. The van der Waals surface area contributed by atoms with Gasteiger partial charge >= 0.3 is 0 Å². The molecule has 2 bridgehead atoms. The van der Waals surface area contributed by atoms with Gasteiger partial charge in [0.15, 0.2) is 0 Å². The van der Waals surface area contributed by atoms with Crippen LogP contribution in [-0.2, 0) is 0 Å². The van der Waals surface area contributed by atoms with Gasteiger partial charge in [0.25, 0.3) is 0 Å². The molecule has 3 fully saturated rings. The minimum Gasteiger partial charge on any atom is -0.304 e. The topological polar surface area (TPSA) is 3.24 Å². The van der Waals surface area contributed by atoms with Crippen LogP contribution in [0.1, 0.15) is 0 Å². The molecule has 6 radical (unpaired) electrons. The summed E-state index contributed by atoms with van der Waals surface area (Å²) in [6, 6.07) is 3.32. The van der Waals surface area contributed by atoms with Crippen LogP contribution in [0.15, 0.2) is 0 Å². The van der Waals surface area contributed by atoms with Crippen molar-refractivity contribution >= 4 is 28.6 Å². The normalized spacial score (nSPS) is 43.2. The molecule has 0 saturated carbocycles. The Bertz CT molecular complexity index is 140. The predicted molar refractivity (Wildman–Crippen MR) is 52.0 cm³/mol. The summed E-state index contributed by atoms with van der Waals surface area (Å²) in [4.78, 5) is 2.52. The van der Waals surface area contributed by atoms with Gasteiger partial charge < -0.3 is 4.90 Å². The first-order valence-electron chi connectivity index (χ1n) is 4.45. The number of hydrogen-bond donors (Lipinski definition) is 0. The zero-order chi connectivity index (χ0) is 8.44. The average molecular weight is 213 g/mol. The van der Waals surface area contributed by atoms with Crippen molar-refractivity contribution in [2.75, 3.05) is 19.6 Å². The third kappa shape index (κ3) is 2.07. The average Bonchev–Trinajstić information content (AvgIpc) is 1.93. The number of alkyl halides is 1. The van der Waals surface area contributed by atoms with Gasteiger partial charge in [-0.1, -0.05) is 0 Å². The molecule has 3 rings (SSSR count). The van der Waals surface area contributed by atoms with Crippen molar-refractivity contribution in [3.63, 3.8) is 0 Å². The maximum Gasteiger partial charge on any atom is 0.0800 e. The summed E-state index contributed by atoms with van der Waals surface area (Å²) >= 11 is 0. The molecule has 3 heterocycles. The molecular weight excluding hydrogens is 201 g/mol. The van der Waals surface area contributed by atoms with Gasteiger partial charge in [-0.2, -0.15) is 0 Å². The van der Waals surface area contributed by atoms with Crippen LogP contribution in [0.5, 0.6) is 0 Å². The Balaban J connectivity index is 2.06. The number of rotatable bonds is 0. The number of hydrogen-bond acceptors (Lipinski definition) is 1. The zero-order valence-electron chi connectivity index (χ0n) is 7.07. The first-order valence-corrected chi connectivity index (χ1v) is 8.07. The zero-order valence-corrected chi connectivity index (χ0v) is 10.1. The molecule has 0 N–H and O–H groups in total. The monoisotopic (exact) mass is 213 g/mol. The molecule has 0 unspecified atom stereocenters. The highest BCUT2D eigenvalue weighted by Gasteiger charge is 2.34. The Hall–Kier alpha value is 0.541. The van der Waals surface area contributed by atoms with Crippen molar-refractivity contribution in [3.05, 3.63) is 0 Å². The van der Waals surface area contributed by atoms with Crippen molar-refractivity contribution in [1.29, 1.82) is 0 Å². The third-order valence-corrected chi connectivity index (χ3v) is 8.45. The molecule has 0 aromatic heterocycles. The second-order valence-corrected chi connectivity index (χ2v) is 9.41. The van der Waals surface area contributed by atoms with Crippen LogP contribution in [0.25, 0.3) is 0 Å². The first kappa shape index (κ1) is 9.11. The van der Waals surface area contributed by atoms with Crippen LogP contribution in [0.3, 0.4) is 0 Å². The van der Waals surface area contributed by atoms with Crippen LogP contribution in [0, 0.1) is 0 Å². The summed E-state index contributed by atoms with van der Waals surface area (Å²) in [6.07, 6.45) is 0. The van der Waals surface area contributed by atoms with Crippen LogP contribution in [-0.4, -0.2) is 57.6 Å². The van der Waals surface area contributed by atoms with E-state index in [-0.39, 0.29) is 0 Å². The van der Waals surface area contributed by atoms with Crippen molar-refractivity contribution < 1.29 is 4.39 Å². The fourth-order valence-corrected chi connectivity index (χ4v) is 7.75. The number of nitrogens with zero attached hydrogens (tertiary/aromatic N) is 1. The van der Waals surface area contributed by atoms with E-state index in [1.165, 1.54) is 0 Å². The van der Waals surface area contributed by atoms with Gasteiger partial charge in [0, 0.05) is 0 Å². The summed E-state index contributed by atoms with van der Waals surface area (Å²) in [5.41, 5.74) is 0. The van der Waals surface area contributed by atoms with Gasteiger partial charge in [-0.15, -0.1) is 0 Å². The molecule has 3 aliphatic heterocycles.